The molecule has 0 aliphatic rings. The minimum Gasteiger partial charge on any atom is -0.340 e. The third kappa shape index (κ3) is 5.95. The Morgan fingerprint density at radius 1 is 1.03 bits per heavy atom. The minimum atomic E-state index is -0.785. The molecule has 162 valence electrons. The van der Waals surface area contributed by atoms with Crippen molar-refractivity contribution in [1.29, 1.82) is 0 Å². The van der Waals surface area contributed by atoms with Crippen LogP contribution in [0.25, 0.3) is 10.6 Å². The Hall–Kier alpha value is -2.19. The normalized spacial score (nSPS) is 12.8. The van der Waals surface area contributed by atoms with Gasteiger partial charge >= 0.3 is 0 Å². The molecule has 10 heteroatoms. The quantitative estimate of drug-likeness (QED) is 0.422. The third-order valence-electron chi connectivity index (χ3n) is 4.70. The molecule has 0 radical (unpaired) electrons. The molecule has 2 amide bonds. The largest absolute Gasteiger partial charge is 0.340 e. The van der Waals surface area contributed by atoms with Gasteiger partial charge in [-0.25, -0.2) is 0 Å². The number of anilines is 1. The van der Waals surface area contributed by atoms with Gasteiger partial charge in [-0.2, -0.15) is 0 Å². The summed E-state index contributed by atoms with van der Waals surface area (Å²) in [6.45, 7) is 3.82. The number of nitrogens with one attached hydrogen (secondary N) is 2. The summed E-state index contributed by atoms with van der Waals surface area (Å²) in [7, 11) is 0. The molecule has 6 nitrogen and oxygen atoms in total. The lowest BCUT2D eigenvalue weighted by molar-refractivity contribution is -0.119. The van der Waals surface area contributed by atoms with E-state index < -0.39 is 11.9 Å². The van der Waals surface area contributed by atoms with Gasteiger partial charge in [0, 0.05) is 15.6 Å². The van der Waals surface area contributed by atoms with Gasteiger partial charge < -0.3 is 5.32 Å². The molecule has 1 heterocycles. The van der Waals surface area contributed by atoms with Crippen molar-refractivity contribution in [2.24, 2.45) is 5.92 Å². The van der Waals surface area contributed by atoms with Crippen molar-refractivity contribution < 1.29 is 9.59 Å². The van der Waals surface area contributed by atoms with Gasteiger partial charge in [0.1, 0.15) is 11.0 Å². The number of rotatable bonds is 7. The van der Waals surface area contributed by atoms with E-state index in [4.69, 9.17) is 34.8 Å². The average molecular weight is 498 g/mol. The minimum absolute atomic E-state index is 0.126. The van der Waals surface area contributed by atoms with Crippen molar-refractivity contribution >= 4 is 63.1 Å². The molecule has 3 aromatic rings. The third-order valence-corrected chi connectivity index (χ3v) is 6.39. The zero-order chi connectivity index (χ0) is 22.5. The molecule has 2 N–H and O–H groups in total. The van der Waals surface area contributed by atoms with Crippen molar-refractivity contribution in [2.75, 3.05) is 5.32 Å². The first-order valence-corrected chi connectivity index (χ1v) is 11.4. The maximum atomic E-state index is 13.0. The van der Waals surface area contributed by atoms with Crippen LogP contribution >= 0.6 is 46.1 Å². The average Bonchev–Trinajstić information content (AvgIpc) is 3.20. The zero-order valence-electron chi connectivity index (χ0n) is 16.7. The fraction of sp³-hybridized carbons (Fsp3) is 0.238. The highest BCUT2D eigenvalue weighted by molar-refractivity contribution is 7.18. The van der Waals surface area contributed by atoms with Crippen LogP contribution in [0.15, 0.2) is 42.5 Å². The second kappa shape index (κ2) is 10.4. The fourth-order valence-electron chi connectivity index (χ4n) is 2.76. The summed E-state index contributed by atoms with van der Waals surface area (Å²) < 4.78 is 0. The van der Waals surface area contributed by atoms with Crippen molar-refractivity contribution in [3.8, 4) is 10.6 Å². The SMILES string of the molecule is CCC(C)C(NC(=O)c1ccc(Cl)cc1Cl)C(=O)Nc1nnc(-c2ccc(Cl)cc2)s1. The molecule has 31 heavy (non-hydrogen) atoms. The number of hydrogen-bond donors (Lipinski definition) is 2. The molecular weight excluding hydrogens is 479 g/mol. The molecule has 2 atom stereocenters. The van der Waals surface area contributed by atoms with Gasteiger partial charge in [-0.3, -0.25) is 14.9 Å². The van der Waals surface area contributed by atoms with Gasteiger partial charge in [0.2, 0.25) is 11.0 Å². The van der Waals surface area contributed by atoms with Crippen LogP contribution in [0.2, 0.25) is 15.1 Å². The van der Waals surface area contributed by atoms with Gasteiger partial charge in [0.25, 0.3) is 5.91 Å². The number of halogens is 3. The van der Waals surface area contributed by atoms with Crippen molar-refractivity contribution in [3.63, 3.8) is 0 Å². The highest BCUT2D eigenvalue weighted by atomic mass is 35.5. The van der Waals surface area contributed by atoms with Gasteiger partial charge in [0.05, 0.1) is 10.6 Å². The van der Waals surface area contributed by atoms with Crippen molar-refractivity contribution in [1.82, 2.24) is 15.5 Å². The molecule has 0 bridgehead atoms. The predicted octanol–water partition coefficient (Wildman–Crippen LogP) is 5.95. The molecule has 1 aromatic heterocycles. The molecule has 3 rings (SSSR count). The highest BCUT2D eigenvalue weighted by Gasteiger charge is 2.28. The number of benzene rings is 2. The topological polar surface area (TPSA) is 84.0 Å². The maximum absolute atomic E-state index is 13.0. The van der Waals surface area contributed by atoms with E-state index in [0.29, 0.717) is 26.6 Å². The number of nitrogens with zero attached hydrogens (tertiary/aromatic N) is 2. The summed E-state index contributed by atoms with van der Waals surface area (Å²) in [5, 5.41) is 15.9. The molecule has 0 saturated carbocycles. The molecular formula is C21H19Cl3N4O2S. The van der Waals surface area contributed by atoms with E-state index in [0.717, 1.165) is 5.56 Å². The predicted molar refractivity (Wildman–Crippen MR) is 126 cm³/mol. The Morgan fingerprint density at radius 3 is 2.35 bits per heavy atom. The van der Waals surface area contributed by atoms with E-state index >= 15 is 0 Å². The second-order valence-corrected chi connectivity index (χ2v) is 9.13. The van der Waals surface area contributed by atoms with Crippen molar-refractivity contribution in [3.05, 3.63) is 63.1 Å². The van der Waals surface area contributed by atoms with Crippen LogP contribution in [0.3, 0.4) is 0 Å². The van der Waals surface area contributed by atoms with E-state index in [1.54, 1.807) is 18.2 Å². The maximum Gasteiger partial charge on any atom is 0.253 e. The Morgan fingerprint density at radius 2 is 1.71 bits per heavy atom. The summed E-state index contributed by atoms with van der Waals surface area (Å²) in [5.74, 6) is -0.966. The van der Waals surface area contributed by atoms with Gasteiger partial charge in [0.15, 0.2) is 0 Å². The van der Waals surface area contributed by atoms with Crippen LogP contribution in [0, 0.1) is 5.92 Å². The summed E-state index contributed by atoms with van der Waals surface area (Å²) >= 11 is 19.2. The Bertz CT molecular complexity index is 1090. The van der Waals surface area contributed by atoms with Crippen LogP contribution in [0.1, 0.15) is 30.6 Å². The van der Waals surface area contributed by atoms with Crippen LogP contribution in [0.4, 0.5) is 5.13 Å². The Labute approximate surface area is 198 Å². The molecule has 2 aromatic carbocycles. The van der Waals surface area contributed by atoms with Gasteiger partial charge in [-0.1, -0.05) is 78.5 Å². The van der Waals surface area contributed by atoms with Crippen LogP contribution in [-0.2, 0) is 4.79 Å². The molecule has 0 fully saturated rings. The lowest BCUT2D eigenvalue weighted by atomic mass is 9.98. The standard InChI is InChI=1S/C21H19Cl3N4O2S/c1-3-11(2)17(25-18(29)15-9-8-14(23)10-16(15)24)19(30)26-21-28-27-20(31-21)12-4-6-13(22)7-5-12/h4-11,17H,3H2,1-2H3,(H,25,29)(H,26,28,30). The number of amides is 2. The zero-order valence-corrected chi connectivity index (χ0v) is 19.7. The highest BCUT2D eigenvalue weighted by Crippen LogP contribution is 2.28. The number of aromatic nitrogens is 2. The monoisotopic (exact) mass is 496 g/mol. The Kier molecular flexibility index (Phi) is 7.89. The van der Waals surface area contributed by atoms with Crippen LogP contribution in [0.5, 0.6) is 0 Å². The van der Waals surface area contributed by atoms with E-state index in [-0.39, 0.29) is 22.4 Å². The number of carbonyl (C=O) groups is 2. The van der Waals surface area contributed by atoms with E-state index in [1.807, 2.05) is 26.0 Å². The first-order chi connectivity index (χ1) is 14.8. The summed E-state index contributed by atoms with van der Waals surface area (Å²) in [5.41, 5.74) is 1.08. The first kappa shape index (κ1) is 23.5. The fourth-order valence-corrected chi connectivity index (χ4v) is 4.13. The smallest absolute Gasteiger partial charge is 0.253 e. The molecule has 0 aliphatic heterocycles. The van der Waals surface area contributed by atoms with Crippen molar-refractivity contribution in [2.45, 2.75) is 26.3 Å². The van der Waals surface area contributed by atoms with E-state index in [1.165, 1.54) is 23.5 Å². The Balaban J connectivity index is 1.74. The van der Waals surface area contributed by atoms with Crippen LogP contribution in [-0.4, -0.2) is 28.1 Å². The molecule has 2 unspecified atom stereocenters. The summed E-state index contributed by atoms with van der Waals surface area (Å²) in [6.07, 6.45) is 0.679. The van der Waals surface area contributed by atoms with Gasteiger partial charge in [-0.15, -0.1) is 10.2 Å². The second-order valence-electron chi connectivity index (χ2n) is 6.87. The summed E-state index contributed by atoms with van der Waals surface area (Å²) in [6, 6.07) is 11.0. The lowest BCUT2D eigenvalue weighted by Crippen LogP contribution is -2.47. The van der Waals surface area contributed by atoms with E-state index in [2.05, 4.69) is 20.8 Å². The number of carbonyl (C=O) groups excluding carboxylic acids is 2. The van der Waals surface area contributed by atoms with Gasteiger partial charge in [-0.05, 0) is 36.2 Å². The number of hydrogen-bond acceptors (Lipinski definition) is 5. The summed E-state index contributed by atoms with van der Waals surface area (Å²) in [4.78, 5) is 25.7. The molecule has 0 spiro atoms. The van der Waals surface area contributed by atoms with Crippen LogP contribution < -0.4 is 10.6 Å². The first-order valence-electron chi connectivity index (χ1n) is 9.44. The van der Waals surface area contributed by atoms with E-state index in [9.17, 15) is 9.59 Å². The molecule has 0 saturated heterocycles. The molecule has 0 aliphatic carbocycles. The lowest BCUT2D eigenvalue weighted by Gasteiger charge is -2.23.